The molecular formula is C34H33Cl2N3O4S. The molecule has 0 spiro atoms. The largest absolute Gasteiger partial charge is 0.490 e. The molecule has 10 heteroatoms. The highest BCUT2D eigenvalue weighted by Crippen LogP contribution is 2.32. The quantitative estimate of drug-likeness (QED) is 0.200. The summed E-state index contributed by atoms with van der Waals surface area (Å²) < 4.78 is 14.1. The molecule has 3 aromatic carbocycles. The Kier molecular flexibility index (Phi) is 9.93. The molecular weight excluding hydrogens is 617 g/mol. The molecule has 0 saturated carbocycles. The van der Waals surface area contributed by atoms with E-state index >= 15 is 0 Å². The number of hydrogen-bond acceptors (Lipinski definition) is 6. The third-order valence-electron chi connectivity index (χ3n) is 7.36. The van der Waals surface area contributed by atoms with Crippen molar-refractivity contribution in [3.8, 4) is 11.5 Å². The maximum Gasteiger partial charge on any atom is 0.271 e. The van der Waals surface area contributed by atoms with E-state index in [-0.39, 0.29) is 11.5 Å². The predicted molar refractivity (Wildman–Crippen MR) is 177 cm³/mol. The van der Waals surface area contributed by atoms with E-state index in [1.165, 1.54) is 11.3 Å². The lowest BCUT2D eigenvalue weighted by Crippen LogP contribution is -2.43. The number of aromatic nitrogens is 1. The van der Waals surface area contributed by atoms with Crippen molar-refractivity contribution in [1.29, 1.82) is 0 Å². The Morgan fingerprint density at radius 2 is 1.61 bits per heavy atom. The normalized spacial score (nSPS) is 14.7. The van der Waals surface area contributed by atoms with Gasteiger partial charge >= 0.3 is 0 Å². The van der Waals surface area contributed by atoms with Crippen LogP contribution >= 0.6 is 34.5 Å². The van der Waals surface area contributed by atoms with E-state index in [4.69, 9.17) is 37.7 Å². The number of carbonyl (C=O) groups excluding carboxylic acids is 1. The highest BCUT2D eigenvalue weighted by atomic mass is 35.5. The van der Waals surface area contributed by atoms with Crippen molar-refractivity contribution in [3.05, 3.63) is 124 Å². The Labute approximate surface area is 270 Å². The average Bonchev–Trinajstić information content (AvgIpc) is 3.31. The van der Waals surface area contributed by atoms with E-state index in [0.717, 1.165) is 16.7 Å². The van der Waals surface area contributed by atoms with Crippen molar-refractivity contribution in [1.82, 2.24) is 9.47 Å². The van der Waals surface area contributed by atoms with Gasteiger partial charge in [-0.3, -0.25) is 14.2 Å². The Hall–Kier alpha value is -3.85. The fourth-order valence-corrected chi connectivity index (χ4v) is 6.43. The van der Waals surface area contributed by atoms with E-state index in [0.29, 0.717) is 68.5 Å². The van der Waals surface area contributed by atoms with E-state index in [1.807, 2.05) is 88.4 Å². The summed E-state index contributed by atoms with van der Waals surface area (Å²) in [4.78, 5) is 34.8. The number of carbonyl (C=O) groups is 1. The van der Waals surface area contributed by atoms with Crippen LogP contribution in [0.25, 0.3) is 6.08 Å². The smallest absolute Gasteiger partial charge is 0.271 e. The highest BCUT2D eigenvalue weighted by Gasteiger charge is 2.34. The lowest BCUT2D eigenvalue weighted by molar-refractivity contribution is -0.127. The van der Waals surface area contributed by atoms with Gasteiger partial charge in [-0.1, -0.05) is 64.9 Å². The summed E-state index contributed by atoms with van der Waals surface area (Å²) in [5.74, 6) is 1.03. The van der Waals surface area contributed by atoms with E-state index < -0.39 is 6.04 Å². The third kappa shape index (κ3) is 6.62. The van der Waals surface area contributed by atoms with Crippen LogP contribution in [0.1, 0.15) is 50.4 Å². The first-order valence-electron chi connectivity index (χ1n) is 14.4. The van der Waals surface area contributed by atoms with Gasteiger partial charge in [0.05, 0.1) is 28.5 Å². The fourth-order valence-electron chi connectivity index (χ4n) is 5.13. The van der Waals surface area contributed by atoms with Crippen LogP contribution in [-0.2, 0) is 11.4 Å². The van der Waals surface area contributed by atoms with Crippen LogP contribution in [0.15, 0.2) is 87.8 Å². The molecule has 1 amide bonds. The number of amides is 1. The molecule has 0 aliphatic carbocycles. The zero-order valence-corrected chi connectivity index (χ0v) is 27.3. The Bertz CT molecular complexity index is 1880. The molecule has 4 aromatic rings. The molecule has 1 atom stereocenters. The topological polar surface area (TPSA) is 73.1 Å². The number of hydrogen-bond donors (Lipinski definition) is 0. The summed E-state index contributed by atoms with van der Waals surface area (Å²) in [5.41, 5.74) is 3.38. The third-order valence-corrected chi connectivity index (χ3v) is 8.85. The predicted octanol–water partition coefficient (Wildman–Crippen LogP) is 6.39. The maximum absolute atomic E-state index is 14.1. The summed E-state index contributed by atoms with van der Waals surface area (Å²) >= 11 is 13.5. The number of thiazole rings is 1. The van der Waals surface area contributed by atoms with E-state index in [9.17, 15) is 9.59 Å². The summed E-state index contributed by atoms with van der Waals surface area (Å²) in [7, 11) is 0. The van der Waals surface area contributed by atoms with Gasteiger partial charge in [0.15, 0.2) is 16.3 Å². The first-order chi connectivity index (χ1) is 21.2. The molecule has 44 heavy (non-hydrogen) atoms. The molecule has 0 radical (unpaired) electrons. The van der Waals surface area contributed by atoms with E-state index in [2.05, 4.69) is 0 Å². The monoisotopic (exact) mass is 649 g/mol. The standard InChI is InChI=1S/C34H33Cl2N3O4S/c1-5-38(6-2)33(41)30-21(4)37-34-39(31(30)24-11-15-26(36)16-12-24)32(40)29(44-34)19-23-10-17-27(28(18-23)42-7-3)43-20-22-8-13-25(35)14-9-22/h8-19,31H,5-7,20H2,1-4H3/b29-19+/t31-/m1/s1. The van der Waals surface area contributed by atoms with E-state index in [1.54, 1.807) is 21.6 Å². The minimum Gasteiger partial charge on any atom is -0.490 e. The number of likely N-dealkylation sites (N-methyl/N-ethyl adjacent to an activating group) is 1. The van der Waals surface area contributed by atoms with Gasteiger partial charge in [0.1, 0.15) is 6.61 Å². The maximum atomic E-state index is 14.1. The molecule has 0 bridgehead atoms. The summed E-state index contributed by atoms with van der Waals surface area (Å²) in [6.07, 6.45) is 1.82. The molecule has 0 saturated heterocycles. The first kappa shape index (κ1) is 31.6. The number of ether oxygens (including phenoxy) is 2. The van der Waals surface area contributed by atoms with Crippen LogP contribution in [0.3, 0.4) is 0 Å². The summed E-state index contributed by atoms with van der Waals surface area (Å²) in [6, 6.07) is 19.7. The average molecular weight is 651 g/mol. The summed E-state index contributed by atoms with van der Waals surface area (Å²) in [6.45, 7) is 9.51. The Morgan fingerprint density at radius 3 is 2.25 bits per heavy atom. The van der Waals surface area contributed by atoms with Gasteiger partial charge in [-0.15, -0.1) is 0 Å². The van der Waals surface area contributed by atoms with Crippen LogP contribution in [0, 0.1) is 0 Å². The summed E-state index contributed by atoms with van der Waals surface area (Å²) in [5, 5.41) is 1.24. The van der Waals surface area contributed by atoms with Gasteiger partial charge in [-0.05, 0) is 86.9 Å². The molecule has 1 aliphatic rings. The second-order valence-electron chi connectivity index (χ2n) is 10.2. The molecule has 2 heterocycles. The number of halogens is 2. The molecule has 5 rings (SSSR count). The van der Waals surface area contributed by atoms with Crippen LogP contribution in [0.2, 0.25) is 10.0 Å². The highest BCUT2D eigenvalue weighted by molar-refractivity contribution is 7.07. The van der Waals surface area contributed by atoms with Crippen LogP contribution in [-0.4, -0.2) is 35.1 Å². The van der Waals surface area contributed by atoms with Crippen molar-refractivity contribution in [2.24, 2.45) is 4.99 Å². The number of rotatable bonds is 10. The fraction of sp³-hybridized carbons (Fsp3) is 0.265. The van der Waals surface area contributed by atoms with Crippen molar-refractivity contribution >= 4 is 46.5 Å². The minimum atomic E-state index is -0.638. The second kappa shape index (κ2) is 13.8. The van der Waals surface area contributed by atoms with Crippen LogP contribution in [0.4, 0.5) is 0 Å². The van der Waals surface area contributed by atoms with Crippen molar-refractivity contribution in [2.45, 2.75) is 40.3 Å². The first-order valence-corrected chi connectivity index (χ1v) is 16.0. The number of benzene rings is 3. The van der Waals surface area contributed by atoms with Crippen molar-refractivity contribution < 1.29 is 14.3 Å². The SMILES string of the molecule is CCOc1cc(/C=c2/sc3n(c2=O)[C@H](c2ccc(Cl)cc2)C(C(=O)N(CC)CC)=C(C)N=3)ccc1OCc1ccc(Cl)cc1. The number of allylic oxidation sites excluding steroid dienone is 1. The molecule has 0 fully saturated rings. The van der Waals surface area contributed by atoms with Gasteiger partial charge in [0, 0.05) is 23.1 Å². The molecule has 7 nitrogen and oxygen atoms in total. The molecule has 1 aliphatic heterocycles. The van der Waals surface area contributed by atoms with Gasteiger partial charge in [-0.25, -0.2) is 4.99 Å². The molecule has 228 valence electrons. The lowest BCUT2D eigenvalue weighted by Gasteiger charge is -2.29. The van der Waals surface area contributed by atoms with Crippen molar-refractivity contribution in [2.75, 3.05) is 19.7 Å². The Balaban J connectivity index is 1.56. The molecule has 0 unspecified atom stereocenters. The lowest BCUT2D eigenvalue weighted by atomic mass is 9.94. The van der Waals surface area contributed by atoms with Gasteiger partial charge < -0.3 is 14.4 Å². The van der Waals surface area contributed by atoms with Crippen LogP contribution < -0.4 is 24.4 Å². The zero-order chi connectivity index (χ0) is 31.4. The molecule has 0 N–H and O–H groups in total. The minimum absolute atomic E-state index is 0.138. The van der Waals surface area contributed by atoms with Gasteiger partial charge in [0.25, 0.3) is 11.5 Å². The second-order valence-corrected chi connectivity index (χ2v) is 12.0. The number of nitrogens with zero attached hydrogens (tertiary/aromatic N) is 3. The van der Waals surface area contributed by atoms with Gasteiger partial charge in [-0.2, -0.15) is 0 Å². The van der Waals surface area contributed by atoms with Gasteiger partial charge in [0.2, 0.25) is 0 Å². The zero-order valence-electron chi connectivity index (χ0n) is 25.0. The molecule has 1 aromatic heterocycles. The number of fused-ring (bicyclic) bond motifs is 1. The van der Waals surface area contributed by atoms with Crippen LogP contribution in [0.5, 0.6) is 11.5 Å². The Morgan fingerprint density at radius 1 is 0.955 bits per heavy atom. The van der Waals surface area contributed by atoms with Crippen molar-refractivity contribution in [3.63, 3.8) is 0 Å².